The van der Waals surface area contributed by atoms with Gasteiger partial charge in [0.1, 0.15) is 5.52 Å². The molecule has 3 N–H and O–H groups in total. The first kappa shape index (κ1) is 31.9. The Morgan fingerprint density at radius 1 is 1.16 bits per heavy atom. The summed E-state index contributed by atoms with van der Waals surface area (Å²) in [5, 5.41) is 23.6. The molecule has 0 saturated carbocycles. The molecule has 0 bridgehead atoms. The van der Waals surface area contributed by atoms with Gasteiger partial charge in [-0.05, 0) is 81.0 Å². The Bertz CT molecular complexity index is 1730. The molecule has 2 unspecified atom stereocenters. The smallest absolute Gasteiger partial charge is 0.416 e. The molecule has 0 spiro atoms. The van der Waals surface area contributed by atoms with Crippen molar-refractivity contribution in [2.24, 2.45) is 18.4 Å². The van der Waals surface area contributed by atoms with Crippen LogP contribution in [0.2, 0.25) is 0 Å². The van der Waals surface area contributed by atoms with Crippen molar-refractivity contribution in [1.29, 1.82) is 0 Å². The number of carbonyl (C=O) groups is 1. The van der Waals surface area contributed by atoms with Gasteiger partial charge in [-0.1, -0.05) is 24.3 Å². The van der Waals surface area contributed by atoms with Crippen molar-refractivity contribution in [1.82, 2.24) is 29.1 Å². The van der Waals surface area contributed by atoms with E-state index in [1.807, 2.05) is 32.9 Å². The average molecular weight is 635 g/mol. The molecule has 44 heavy (non-hydrogen) atoms. The Morgan fingerprint density at radius 2 is 1.86 bits per heavy atom. The molecule has 5 rings (SSSR count). The third-order valence-corrected chi connectivity index (χ3v) is 10.6. The lowest BCUT2D eigenvalue weighted by Crippen LogP contribution is -2.33. The molecular formula is C30H37F3N6O4S. The first-order valence-electron chi connectivity index (χ1n) is 14.3. The second-order valence-corrected chi connectivity index (χ2v) is 14.2. The first-order chi connectivity index (χ1) is 20.5. The number of aliphatic carboxylic acids is 1. The fourth-order valence-corrected chi connectivity index (χ4v) is 7.95. The number of nitrogens with zero attached hydrogens (tertiary/aromatic N) is 6. The first-order valence-corrected chi connectivity index (χ1v) is 15.8. The third-order valence-electron chi connectivity index (χ3n) is 8.63. The molecular weight excluding hydrogens is 597 g/mol. The molecule has 2 aromatic carbocycles. The Labute approximate surface area is 255 Å². The van der Waals surface area contributed by atoms with Gasteiger partial charge in [-0.2, -0.15) is 22.6 Å². The second-order valence-electron chi connectivity index (χ2n) is 12.2. The van der Waals surface area contributed by atoms with Crippen molar-refractivity contribution in [3.05, 3.63) is 70.0 Å². The molecule has 14 heteroatoms. The van der Waals surface area contributed by atoms with E-state index in [-0.39, 0.29) is 23.9 Å². The summed E-state index contributed by atoms with van der Waals surface area (Å²) in [6, 6.07) is 8.61. The van der Waals surface area contributed by atoms with E-state index in [2.05, 4.69) is 10.3 Å². The molecule has 0 saturated heterocycles. The quantitative estimate of drug-likeness (QED) is 0.211. The van der Waals surface area contributed by atoms with Crippen molar-refractivity contribution in [2.45, 2.75) is 71.1 Å². The van der Waals surface area contributed by atoms with Crippen LogP contribution in [0.15, 0.2) is 41.3 Å². The number of halogens is 3. The Hall–Kier alpha value is -3.46. The van der Waals surface area contributed by atoms with Crippen LogP contribution in [-0.4, -0.2) is 55.8 Å². The van der Waals surface area contributed by atoms with Crippen LogP contribution in [0, 0.1) is 18.3 Å². The van der Waals surface area contributed by atoms with Gasteiger partial charge in [-0.3, -0.25) is 18.6 Å². The van der Waals surface area contributed by atoms with E-state index in [1.54, 1.807) is 36.3 Å². The van der Waals surface area contributed by atoms with Crippen molar-refractivity contribution in [3.8, 4) is 0 Å². The summed E-state index contributed by atoms with van der Waals surface area (Å²) in [5.74, 6) is -1.83. The number of carboxylic acids is 1. The van der Waals surface area contributed by atoms with Crippen molar-refractivity contribution in [3.63, 3.8) is 0 Å². The van der Waals surface area contributed by atoms with E-state index in [0.29, 0.717) is 35.4 Å². The number of hydrogen-bond donors (Lipinski definition) is 3. The zero-order valence-corrected chi connectivity index (χ0v) is 26.2. The lowest BCUT2D eigenvalue weighted by Gasteiger charge is -2.43. The molecule has 1 aliphatic rings. The molecule has 0 fully saturated rings. The highest BCUT2D eigenvalue weighted by molar-refractivity contribution is 8.22. The van der Waals surface area contributed by atoms with E-state index >= 15 is 0 Å². The standard InChI is InChI=1S/C30H37F3N6O4S/c1-7-39-24-11-10-22(18(3)27(24)34-36-39)26(29(4,5)28(40)41)23-14-21(37(6)35-23)16-38-15-17(2)12-19-8-9-20(30(31,32)33)13-25(19)44(38,42)43/h8-11,13-14,17,26,42-43H,7,12,15-16H2,1-6H3,(H,40,41). The zero-order chi connectivity index (χ0) is 32.4. The predicted molar refractivity (Wildman–Crippen MR) is 160 cm³/mol. The minimum absolute atomic E-state index is 0.0328. The van der Waals surface area contributed by atoms with Gasteiger partial charge in [0, 0.05) is 26.1 Å². The lowest BCUT2D eigenvalue weighted by molar-refractivity contribution is -0.147. The van der Waals surface area contributed by atoms with E-state index in [9.17, 15) is 32.2 Å². The minimum Gasteiger partial charge on any atom is -0.481 e. The highest BCUT2D eigenvalue weighted by atomic mass is 32.3. The van der Waals surface area contributed by atoms with E-state index in [0.717, 1.165) is 28.8 Å². The summed E-state index contributed by atoms with van der Waals surface area (Å²) in [5.41, 5.74) is 2.21. The monoisotopic (exact) mass is 634 g/mol. The van der Waals surface area contributed by atoms with Gasteiger partial charge < -0.3 is 5.11 Å². The number of fused-ring (bicyclic) bond motifs is 2. The molecule has 1 aliphatic heterocycles. The molecule has 0 aliphatic carbocycles. The number of aryl methyl sites for hydroxylation is 3. The predicted octanol–water partition coefficient (Wildman–Crippen LogP) is 6.47. The number of alkyl halides is 3. The minimum atomic E-state index is -4.64. The summed E-state index contributed by atoms with van der Waals surface area (Å²) in [6.45, 7) is 9.80. The van der Waals surface area contributed by atoms with Crippen LogP contribution in [0.1, 0.15) is 67.3 Å². The van der Waals surface area contributed by atoms with Gasteiger partial charge in [-0.25, -0.2) is 4.68 Å². The number of rotatable bonds is 7. The van der Waals surface area contributed by atoms with Crippen LogP contribution in [0.5, 0.6) is 0 Å². The summed E-state index contributed by atoms with van der Waals surface area (Å²) in [6.07, 6.45) is -4.25. The third kappa shape index (κ3) is 5.48. The van der Waals surface area contributed by atoms with E-state index < -0.39 is 39.8 Å². The second kappa shape index (κ2) is 11.2. The Kier molecular flexibility index (Phi) is 8.10. The van der Waals surface area contributed by atoms with Gasteiger partial charge in [0.2, 0.25) is 0 Å². The maximum Gasteiger partial charge on any atom is 0.416 e. The zero-order valence-electron chi connectivity index (χ0n) is 25.4. The molecule has 10 nitrogen and oxygen atoms in total. The molecule has 4 aromatic rings. The molecule has 3 heterocycles. The van der Waals surface area contributed by atoms with Crippen LogP contribution in [0.3, 0.4) is 0 Å². The summed E-state index contributed by atoms with van der Waals surface area (Å²) >= 11 is 0. The summed E-state index contributed by atoms with van der Waals surface area (Å²) in [4.78, 5) is 12.5. The molecule has 2 aromatic heterocycles. The van der Waals surface area contributed by atoms with Crippen molar-refractivity contribution >= 4 is 27.8 Å². The van der Waals surface area contributed by atoms with Gasteiger partial charge >= 0.3 is 12.1 Å². The normalized spacial score (nSPS) is 19.0. The Balaban J connectivity index is 1.57. The molecule has 2 atom stereocenters. The molecule has 0 radical (unpaired) electrons. The van der Waals surface area contributed by atoms with Gasteiger partial charge in [0.25, 0.3) is 0 Å². The lowest BCUT2D eigenvalue weighted by atomic mass is 9.72. The van der Waals surface area contributed by atoms with Crippen LogP contribution in [0.4, 0.5) is 13.2 Å². The van der Waals surface area contributed by atoms with Crippen molar-refractivity contribution < 1.29 is 32.2 Å². The van der Waals surface area contributed by atoms with E-state index in [1.165, 1.54) is 10.4 Å². The molecule has 238 valence electrons. The van der Waals surface area contributed by atoms with Crippen LogP contribution in [0.25, 0.3) is 11.0 Å². The van der Waals surface area contributed by atoms with Gasteiger partial charge in [0.05, 0.1) is 39.3 Å². The van der Waals surface area contributed by atoms with Gasteiger partial charge in [0.15, 0.2) is 0 Å². The van der Waals surface area contributed by atoms with Gasteiger partial charge in [-0.15, -0.1) is 15.9 Å². The number of hydrogen-bond acceptors (Lipinski definition) is 7. The fourth-order valence-electron chi connectivity index (χ4n) is 6.11. The van der Waals surface area contributed by atoms with Crippen LogP contribution < -0.4 is 0 Å². The number of benzene rings is 2. The van der Waals surface area contributed by atoms with Crippen molar-refractivity contribution in [2.75, 3.05) is 6.54 Å². The van der Waals surface area contributed by atoms with Crippen LogP contribution >= 0.6 is 10.8 Å². The summed E-state index contributed by atoms with van der Waals surface area (Å²) < 4.78 is 68.3. The largest absolute Gasteiger partial charge is 0.481 e. The maximum atomic E-state index is 13.6. The SMILES string of the molecule is CCn1nnc2c(C)c(C(c3cc(CN4CC(C)Cc5ccc(C(F)(F)F)cc5S4(O)O)n(C)n3)C(C)(C)C(=O)O)ccc21. The number of aromatic nitrogens is 5. The summed E-state index contributed by atoms with van der Waals surface area (Å²) in [7, 11) is -2.13. The fraction of sp³-hybridized carbons (Fsp3) is 0.467. The van der Waals surface area contributed by atoms with E-state index in [4.69, 9.17) is 5.10 Å². The highest BCUT2D eigenvalue weighted by Crippen LogP contribution is 2.57. The topological polar surface area (TPSA) is 130 Å². The maximum absolute atomic E-state index is 13.6. The molecule has 0 amide bonds. The van der Waals surface area contributed by atoms with Crippen LogP contribution in [-0.2, 0) is 37.5 Å². The average Bonchev–Trinajstić information content (AvgIpc) is 3.49. The number of carboxylic acid groups (broad SMARTS) is 1. The highest BCUT2D eigenvalue weighted by Gasteiger charge is 2.42. The Morgan fingerprint density at radius 3 is 2.50 bits per heavy atom.